The van der Waals surface area contributed by atoms with Gasteiger partial charge in [-0.15, -0.1) is 22.7 Å². The highest BCUT2D eigenvalue weighted by Crippen LogP contribution is 2.22. The lowest BCUT2D eigenvalue weighted by molar-refractivity contribution is 0.0605. The number of methoxy groups -OCH3 is 1. The minimum absolute atomic E-state index is 0.294. The van der Waals surface area contributed by atoms with E-state index in [0.717, 1.165) is 39.1 Å². The molecular weight excluding hydrogens is 657 g/mol. The van der Waals surface area contributed by atoms with E-state index in [1.807, 2.05) is 91.0 Å². The van der Waals surface area contributed by atoms with Gasteiger partial charge in [0, 0.05) is 73.8 Å². The van der Waals surface area contributed by atoms with E-state index in [0.29, 0.717) is 42.5 Å². The van der Waals surface area contributed by atoms with Gasteiger partial charge in [0.05, 0.1) is 29.9 Å². The Morgan fingerprint density at radius 3 is 1.22 bits per heavy atom. The van der Waals surface area contributed by atoms with Crippen LogP contribution in [-0.2, 0) is 44.0 Å². The quantitative estimate of drug-likeness (QED) is 0.120. The molecule has 0 saturated heterocycles. The molecule has 10 nitrogen and oxygen atoms in total. The van der Waals surface area contributed by atoms with Crippen molar-refractivity contribution in [3.05, 3.63) is 164 Å². The first-order valence-electron chi connectivity index (χ1n) is 15.5. The molecule has 0 unspecified atom stereocenters. The fraction of sp³-hybridized carbons (Fsp3) is 0.189. The third-order valence-electron chi connectivity index (χ3n) is 7.13. The number of carboxylic acids is 1. The average Bonchev–Trinajstić information content (AvgIpc) is 3.80. The molecule has 0 fully saturated rings. The van der Waals surface area contributed by atoms with E-state index in [1.54, 1.807) is 30.9 Å². The van der Waals surface area contributed by atoms with Gasteiger partial charge in [0.25, 0.3) is 0 Å². The lowest BCUT2D eigenvalue weighted by Crippen LogP contribution is -2.23. The topological polar surface area (TPSA) is 122 Å². The maximum absolute atomic E-state index is 11.6. The number of thiophene rings is 2. The third-order valence-corrected chi connectivity index (χ3v) is 9.23. The standard InChI is InChI=1S/C19H19N3O2S.C18H17N3O2S/c1-24-19(23)18-9-8-17(25-18)14-22(12-15-6-2-4-10-20-15)13-16-7-3-5-11-21-16;22-18(23)17-8-7-16(24-17)13-21(11-14-5-1-3-9-19-14)12-15-6-2-4-10-20-15/h2-11H,12-14H2,1H3;1-10H,11-13H2,(H,22,23). The summed E-state index contributed by atoms with van der Waals surface area (Å²) in [6, 6.07) is 30.8. The van der Waals surface area contributed by atoms with E-state index in [-0.39, 0.29) is 5.97 Å². The molecule has 0 amide bonds. The van der Waals surface area contributed by atoms with Crippen molar-refractivity contribution in [1.29, 1.82) is 0 Å². The molecule has 0 atom stereocenters. The molecule has 6 aromatic rings. The minimum atomic E-state index is -0.882. The van der Waals surface area contributed by atoms with Gasteiger partial charge < -0.3 is 9.84 Å². The van der Waals surface area contributed by atoms with E-state index in [2.05, 4.69) is 29.7 Å². The largest absolute Gasteiger partial charge is 0.477 e. The lowest BCUT2D eigenvalue weighted by Gasteiger charge is -2.21. The van der Waals surface area contributed by atoms with Gasteiger partial charge >= 0.3 is 11.9 Å². The second-order valence-corrected chi connectivity index (χ2v) is 13.2. The highest BCUT2D eigenvalue weighted by molar-refractivity contribution is 7.14. The first kappa shape index (κ1) is 35.2. The van der Waals surface area contributed by atoms with E-state index in [1.165, 1.54) is 29.8 Å². The van der Waals surface area contributed by atoms with Crippen LogP contribution in [0.1, 0.15) is 51.9 Å². The number of aromatic nitrogens is 4. The fourth-order valence-electron chi connectivity index (χ4n) is 4.91. The number of carboxylic acid groups (broad SMARTS) is 1. The molecule has 0 bridgehead atoms. The number of carbonyl (C=O) groups excluding carboxylic acids is 1. The molecule has 6 aromatic heterocycles. The third kappa shape index (κ3) is 11.5. The monoisotopic (exact) mass is 692 g/mol. The predicted octanol–water partition coefficient (Wildman–Crippen LogP) is 6.97. The Labute approximate surface area is 293 Å². The maximum atomic E-state index is 11.6. The molecule has 12 heteroatoms. The SMILES string of the molecule is COC(=O)c1ccc(CN(Cc2ccccn2)Cc2ccccn2)s1.O=C(O)c1ccc(CN(Cc2ccccn2)Cc2ccccn2)s1. The zero-order valence-electron chi connectivity index (χ0n) is 27.0. The number of esters is 1. The summed E-state index contributed by atoms with van der Waals surface area (Å²) in [6.07, 6.45) is 7.16. The van der Waals surface area contributed by atoms with Crippen molar-refractivity contribution in [3.8, 4) is 0 Å². The number of ether oxygens (including phenoxy) is 1. The van der Waals surface area contributed by atoms with Crippen LogP contribution in [0.25, 0.3) is 0 Å². The van der Waals surface area contributed by atoms with Gasteiger partial charge in [-0.2, -0.15) is 0 Å². The van der Waals surface area contributed by atoms with Crippen molar-refractivity contribution >= 4 is 34.6 Å². The number of nitrogens with zero attached hydrogens (tertiary/aromatic N) is 6. The van der Waals surface area contributed by atoms with Crippen LogP contribution in [0.4, 0.5) is 0 Å². The van der Waals surface area contributed by atoms with Crippen molar-refractivity contribution in [2.24, 2.45) is 0 Å². The van der Waals surface area contributed by atoms with Gasteiger partial charge in [0.15, 0.2) is 0 Å². The normalized spacial score (nSPS) is 10.8. The lowest BCUT2D eigenvalue weighted by atomic mass is 10.2. The summed E-state index contributed by atoms with van der Waals surface area (Å²) in [7, 11) is 1.40. The van der Waals surface area contributed by atoms with Crippen molar-refractivity contribution in [1.82, 2.24) is 29.7 Å². The van der Waals surface area contributed by atoms with Gasteiger partial charge in [0.1, 0.15) is 9.75 Å². The van der Waals surface area contributed by atoms with Crippen LogP contribution in [0.3, 0.4) is 0 Å². The number of pyridine rings is 4. The molecule has 0 aliphatic heterocycles. The molecule has 0 aliphatic rings. The Morgan fingerprint density at radius 1 is 0.551 bits per heavy atom. The smallest absolute Gasteiger partial charge is 0.348 e. The van der Waals surface area contributed by atoms with Gasteiger partial charge in [0.2, 0.25) is 0 Å². The second-order valence-electron chi connectivity index (χ2n) is 10.9. The fourth-order valence-corrected chi connectivity index (χ4v) is 6.77. The Hall–Kier alpha value is -5.14. The molecule has 6 heterocycles. The second kappa shape index (κ2) is 18.4. The highest BCUT2D eigenvalue weighted by Gasteiger charge is 2.15. The number of hydrogen-bond donors (Lipinski definition) is 1. The van der Waals surface area contributed by atoms with E-state index in [4.69, 9.17) is 9.84 Å². The van der Waals surface area contributed by atoms with E-state index < -0.39 is 5.97 Å². The number of aromatic carboxylic acids is 1. The summed E-state index contributed by atoms with van der Waals surface area (Å²) in [6.45, 7) is 4.15. The summed E-state index contributed by atoms with van der Waals surface area (Å²) in [4.78, 5) is 47.9. The first-order valence-corrected chi connectivity index (χ1v) is 17.1. The Balaban J connectivity index is 0.000000191. The molecule has 0 spiro atoms. The van der Waals surface area contributed by atoms with Gasteiger partial charge in [-0.1, -0.05) is 24.3 Å². The molecule has 49 heavy (non-hydrogen) atoms. The van der Waals surface area contributed by atoms with Crippen molar-refractivity contribution in [2.45, 2.75) is 39.3 Å². The molecule has 0 aliphatic carbocycles. The van der Waals surface area contributed by atoms with Crippen LogP contribution in [0.15, 0.2) is 122 Å². The molecule has 0 saturated carbocycles. The van der Waals surface area contributed by atoms with Crippen LogP contribution < -0.4 is 0 Å². The van der Waals surface area contributed by atoms with Gasteiger partial charge in [-0.25, -0.2) is 9.59 Å². The molecule has 250 valence electrons. The zero-order chi connectivity index (χ0) is 34.3. The average molecular weight is 693 g/mol. The number of rotatable bonds is 14. The first-order chi connectivity index (χ1) is 23.9. The van der Waals surface area contributed by atoms with Crippen LogP contribution in [0.5, 0.6) is 0 Å². The van der Waals surface area contributed by atoms with E-state index in [9.17, 15) is 9.59 Å². The Bertz CT molecular complexity index is 1790. The van der Waals surface area contributed by atoms with Crippen molar-refractivity contribution in [3.63, 3.8) is 0 Å². The summed E-state index contributed by atoms with van der Waals surface area (Å²) < 4.78 is 4.78. The van der Waals surface area contributed by atoms with E-state index >= 15 is 0 Å². The van der Waals surface area contributed by atoms with Crippen LogP contribution >= 0.6 is 22.7 Å². The number of carbonyl (C=O) groups is 2. The van der Waals surface area contributed by atoms with Crippen LogP contribution in [0.2, 0.25) is 0 Å². The summed E-state index contributed by atoms with van der Waals surface area (Å²) in [5, 5.41) is 9.08. The zero-order valence-corrected chi connectivity index (χ0v) is 28.6. The van der Waals surface area contributed by atoms with Gasteiger partial charge in [-0.3, -0.25) is 29.7 Å². The van der Waals surface area contributed by atoms with Crippen molar-refractivity contribution in [2.75, 3.05) is 7.11 Å². The van der Waals surface area contributed by atoms with Crippen LogP contribution in [-0.4, -0.2) is 53.9 Å². The maximum Gasteiger partial charge on any atom is 0.348 e. The van der Waals surface area contributed by atoms with Gasteiger partial charge in [-0.05, 0) is 72.8 Å². The molecule has 1 N–H and O–H groups in total. The summed E-state index contributed by atoms with van der Waals surface area (Å²) in [5.74, 6) is -1.18. The molecular formula is C37H36N6O4S2. The molecule has 6 rings (SSSR count). The molecule has 0 radical (unpaired) electrons. The Morgan fingerprint density at radius 2 is 0.918 bits per heavy atom. The molecule has 0 aromatic carbocycles. The van der Waals surface area contributed by atoms with Crippen molar-refractivity contribution < 1.29 is 19.4 Å². The predicted molar refractivity (Wildman–Crippen MR) is 190 cm³/mol. The number of hydrogen-bond acceptors (Lipinski definition) is 11. The van der Waals surface area contributed by atoms with Crippen LogP contribution in [0, 0.1) is 0 Å². The summed E-state index contributed by atoms with van der Waals surface area (Å²) in [5.41, 5.74) is 3.96. The minimum Gasteiger partial charge on any atom is -0.477 e. The Kier molecular flexibility index (Phi) is 13.2. The highest BCUT2D eigenvalue weighted by atomic mass is 32.1. The summed E-state index contributed by atoms with van der Waals surface area (Å²) >= 11 is 2.77.